The van der Waals surface area contributed by atoms with Gasteiger partial charge in [-0.05, 0) is 6.42 Å². The Balaban J connectivity index is 2.37. The maximum Gasteiger partial charge on any atom is 0.394 e. The van der Waals surface area contributed by atoms with E-state index in [1.807, 2.05) is 6.92 Å². The molecule has 1 saturated heterocycles. The van der Waals surface area contributed by atoms with Gasteiger partial charge in [-0.15, -0.1) is 0 Å². The highest BCUT2D eigenvalue weighted by atomic mass is 16.4. The second-order valence-electron chi connectivity index (χ2n) is 4.08. The van der Waals surface area contributed by atoms with Gasteiger partial charge in [0, 0.05) is 32.6 Å². The van der Waals surface area contributed by atoms with Crippen molar-refractivity contribution in [3.8, 4) is 0 Å². The van der Waals surface area contributed by atoms with Crippen molar-refractivity contribution in [3.05, 3.63) is 0 Å². The number of rotatable bonds is 3. The van der Waals surface area contributed by atoms with E-state index in [0.717, 1.165) is 12.8 Å². The molecule has 0 spiro atoms. The van der Waals surface area contributed by atoms with Crippen LogP contribution in [-0.2, 0) is 14.4 Å². The van der Waals surface area contributed by atoms with Crippen molar-refractivity contribution in [2.45, 2.75) is 26.2 Å². The molecule has 2 amide bonds. The molecule has 0 aromatic heterocycles. The second-order valence-corrected chi connectivity index (χ2v) is 4.08. The highest BCUT2D eigenvalue weighted by molar-refractivity contribution is 6.31. The van der Waals surface area contributed by atoms with Crippen molar-refractivity contribution in [3.63, 3.8) is 0 Å². The van der Waals surface area contributed by atoms with Crippen molar-refractivity contribution >= 4 is 17.8 Å². The van der Waals surface area contributed by atoms with Crippen LogP contribution in [0.5, 0.6) is 0 Å². The topological polar surface area (TPSA) is 77.9 Å². The number of carboxylic acid groups (broad SMARTS) is 1. The van der Waals surface area contributed by atoms with Crippen LogP contribution in [0.2, 0.25) is 0 Å². The summed E-state index contributed by atoms with van der Waals surface area (Å²) in [6, 6.07) is 0. The molecule has 0 aromatic carbocycles. The monoisotopic (exact) mass is 242 g/mol. The van der Waals surface area contributed by atoms with E-state index in [0.29, 0.717) is 32.6 Å². The number of nitrogens with zero attached hydrogens (tertiary/aromatic N) is 2. The zero-order valence-electron chi connectivity index (χ0n) is 10.0. The lowest BCUT2D eigenvalue weighted by Gasteiger charge is -2.33. The van der Waals surface area contributed by atoms with E-state index in [9.17, 15) is 14.4 Å². The fourth-order valence-corrected chi connectivity index (χ4v) is 1.78. The lowest BCUT2D eigenvalue weighted by Crippen LogP contribution is -2.52. The van der Waals surface area contributed by atoms with Crippen molar-refractivity contribution < 1.29 is 19.5 Å². The van der Waals surface area contributed by atoms with E-state index in [1.54, 1.807) is 4.90 Å². The molecule has 0 bridgehead atoms. The largest absolute Gasteiger partial charge is 0.474 e. The number of unbranched alkanes of at least 4 members (excludes halogenated alkanes) is 1. The highest BCUT2D eigenvalue weighted by Gasteiger charge is 2.26. The first-order valence-electron chi connectivity index (χ1n) is 5.86. The third-order valence-corrected chi connectivity index (χ3v) is 2.85. The van der Waals surface area contributed by atoms with E-state index in [1.165, 1.54) is 4.90 Å². The number of amides is 2. The molecule has 17 heavy (non-hydrogen) atoms. The van der Waals surface area contributed by atoms with E-state index in [-0.39, 0.29) is 5.91 Å². The molecule has 0 saturated carbocycles. The normalized spacial score (nSPS) is 15.8. The number of hydrogen-bond acceptors (Lipinski definition) is 3. The van der Waals surface area contributed by atoms with Gasteiger partial charge in [-0.2, -0.15) is 0 Å². The third-order valence-electron chi connectivity index (χ3n) is 2.85. The van der Waals surface area contributed by atoms with Gasteiger partial charge in [0.15, 0.2) is 0 Å². The van der Waals surface area contributed by atoms with Crippen molar-refractivity contribution in [2.75, 3.05) is 26.2 Å². The summed E-state index contributed by atoms with van der Waals surface area (Å²) in [5, 5.41) is 8.55. The maximum atomic E-state index is 11.7. The van der Waals surface area contributed by atoms with Crippen LogP contribution >= 0.6 is 0 Å². The molecule has 0 atom stereocenters. The number of hydrogen-bond donors (Lipinski definition) is 1. The van der Waals surface area contributed by atoms with E-state index >= 15 is 0 Å². The number of carboxylic acids is 1. The Morgan fingerprint density at radius 2 is 1.59 bits per heavy atom. The Kier molecular flexibility index (Phi) is 4.93. The zero-order chi connectivity index (χ0) is 12.8. The molecular weight excluding hydrogens is 224 g/mol. The van der Waals surface area contributed by atoms with Gasteiger partial charge < -0.3 is 14.9 Å². The van der Waals surface area contributed by atoms with E-state index in [2.05, 4.69) is 0 Å². The molecular formula is C11H18N2O4. The van der Waals surface area contributed by atoms with Gasteiger partial charge in [-0.25, -0.2) is 4.79 Å². The van der Waals surface area contributed by atoms with E-state index in [4.69, 9.17) is 5.11 Å². The molecule has 1 rings (SSSR count). The third kappa shape index (κ3) is 3.72. The summed E-state index contributed by atoms with van der Waals surface area (Å²) in [7, 11) is 0. The maximum absolute atomic E-state index is 11.7. The Hall–Kier alpha value is -1.59. The van der Waals surface area contributed by atoms with Crippen LogP contribution in [0.4, 0.5) is 0 Å². The van der Waals surface area contributed by atoms with Gasteiger partial charge in [0.2, 0.25) is 5.91 Å². The molecule has 0 aromatic rings. The molecule has 1 aliphatic rings. The van der Waals surface area contributed by atoms with Crippen LogP contribution in [0, 0.1) is 0 Å². The standard InChI is InChI=1S/C11H18N2O4/c1-2-3-4-9(14)12-5-7-13(8-6-12)10(15)11(16)17/h2-8H2,1H3,(H,16,17). The van der Waals surface area contributed by atoms with Crippen LogP contribution in [-0.4, -0.2) is 58.9 Å². The van der Waals surface area contributed by atoms with Crippen molar-refractivity contribution in [1.29, 1.82) is 0 Å². The van der Waals surface area contributed by atoms with Crippen LogP contribution in [0.3, 0.4) is 0 Å². The molecule has 6 nitrogen and oxygen atoms in total. The second kappa shape index (κ2) is 6.22. The number of carbonyl (C=O) groups excluding carboxylic acids is 2. The predicted octanol–water partition coefficient (Wildman–Crippen LogP) is -0.0680. The lowest BCUT2D eigenvalue weighted by molar-refractivity contribution is -0.157. The van der Waals surface area contributed by atoms with Gasteiger partial charge in [0.1, 0.15) is 0 Å². The lowest BCUT2D eigenvalue weighted by atomic mass is 10.2. The molecule has 0 unspecified atom stereocenters. The molecule has 1 fully saturated rings. The van der Waals surface area contributed by atoms with Gasteiger partial charge in [0.25, 0.3) is 0 Å². The van der Waals surface area contributed by atoms with Gasteiger partial charge >= 0.3 is 11.9 Å². The fraction of sp³-hybridized carbons (Fsp3) is 0.727. The molecule has 6 heteroatoms. The zero-order valence-corrected chi connectivity index (χ0v) is 10.0. The number of piperazine rings is 1. The summed E-state index contributed by atoms with van der Waals surface area (Å²) in [5.41, 5.74) is 0. The summed E-state index contributed by atoms with van der Waals surface area (Å²) in [6.45, 7) is 3.51. The summed E-state index contributed by atoms with van der Waals surface area (Å²) >= 11 is 0. The summed E-state index contributed by atoms with van der Waals surface area (Å²) in [5.74, 6) is -2.23. The minimum Gasteiger partial charge on any atom is -0.474 e. The first kappa shape index (κ1) is 13.5. The Labute approximate surface area is 100 Å². The van der Waals surface area contributed by atoms with Crippen LogP contribution < -0.4 is 0 Å². The molecule has 1 aliphatic heterocycles. The fourth-order valence-electron chi connectivity index (χ4n) is 1.78. The van der Waals surface area contributed by atoms with Gasteiger partial charge in [0.05, 0.1) is 0 Å². The average Bonchev–Trinajstić information content (AvgIpc) is 2.35. The Morgan fingerprint density at radius 1 is 1.06 bits per heavy atom. The van der Waals surface area contributed by atoms with Crippen LogP contribution in [0.1, 0.15) is 26.2 Å². The first-order chi connectivity index (χ1) is 8.06. The summed E-state index contributed by atoms with van der Waals surface area (Å²) in [4.78, 5) is 36.3. The molecule has 1 heterocycles. The molecule has 1 N–H and O–H groups in total. The SMILES string of the molecule is CCCCC(=O)N1CCN(C(=O)C(=O)O)CC1. The van der Waals surface area contributed by atoms with Crippen LogP contribution in [0.25, 0.3) is 0 Å². The highest BCUT2D eigenvalue weighted by Crippen LogP contribution is 2.06. The molecule has 0 aliphatic carbocycles. The Morgan fingerprint density at radius 3 is 2.06 bits per heavy atom. The van der Waals surface area contributed by atoms with Crippen molar-refractivity contribution in [1.82, 2.24) is 9.80 Å². The Bertz CT molecular complexity index is 309. The smallest absolute Gasteiger partial charge is 0.394 e. The predicted molar refractivity (Wildman–Crippen MR) is 60.3 cm³/mol. The van der Waals surface area contributed by atoms with Gasteiger partial charge in [-0.1, -0.05) is 13.3 Å². The molecule has 96 valence electrons. The minimum atomic E-state index is -1.43. The number of carbonyl (C=O) groups is 3. The average molecular weight is 242 g/mol. The van der Waals surface area contributed by atoms with Crippen molar-refractivity contribution in [2.24, 2.45) is 0 Å². The first-order valence-corrected chi connectivity index (χ1v) is 5.86. The van der Waals surface area contributed by atoms with Crippen LogP contribution in [0.15, 0.2) is 0 Å². The summed E-state index contributed by atoms with van der Waals surface area (Å²) in [6.07, 6.45) is 2.37. The molecule has 0 radical (unpaired) electrons. The summed E-state index contributed by atoms with van der Waals surface area (Å²) < 4.78 is 0. The quantitative estimate of drug-likeness (QED) is 0.703. The minimum absolute atomic E-state index is 0.0919. The van der Waals surface area contributed by atoms with Gasteiger partial charge in [-0.3, -0.25) is 9.59 Å². The number of aliphatic carboxylic acids is 1. The van der Waals surface area contributed by atoms with E-state index < -0.39 is 11.9 Å².